The predicted molar refractivity (Wildman–Crippen MR) is 123 cm³/mol. The molecular formula is C24H28N6O3. The lowest BCUT2D eigenvalue weighted by atomic mass is 9.88. The molecular weight excluding hydrogens is 420 g/mol. The van der Waals surface area contributed by atoms with E-state index in [9.17, 15) is 4.79 Å². The molecule has 3 atom stereocenters. The highest BCUT2D eigenvalue weighted by Crippen LogP contribution is 2.38. The van der Waals surface area contributed by atoms with Crippen molar-refractivity contribution in [2.75, 3.05) is 45.3 Å². The SMILES string of the molecule is COc1ccc([C@@H]2Nc3ncnn3[C@H](c3ccccc3)[C@H]2NC(=O)CN2CCOCC2)cc1. The molecule has 3 heterocycles. The van der Waals surface area contributed by atoms with Crippen molar-refractivity contribution in [3.8, 4) is 5.75 Å². The van der Waals surface area contributed by atoms with Crippen molar-refractivity contribution in [1.82, 2.24) is 25.0 Å². The van der Waals surface area contributed by atoms with Crippen molar-refractivity contribution in [1.29, 1.82) is 0 Å². The van der Waals surface area contributed by atoms with Crippen LogP contribution in [0.4, 0.5) is 5.95 Å². The maximum Gasteiger partial charge on any atom is 0.234 e. The van der Waals surface area contributed by atoms with Gasteiger partial charge in [-0.25, -0.2) is 4.68 Å². The zero-order valence-electron chi connectivity index (χ0n) is 18.6. The van der Waals surface area contributed by atoms with Crippen LogP contribution >= 0.6 is 0 Å². The number of carbonyl (C=O) groups excluding carboxylic acids is 1. The second kappa shape index (κ2) is 9.60. The van der Waals surface area contributed by atoms with Gasteiger partial charge in [0, 0.05) is 13.1 Å². The number of anilines is 1. The Balaban J connectivity index is 1.50. The number of benzene rings is 2. The summed E-state index contributed by atoms with van der Waals surface area (Å²) in [5.41, 5.74) is 2.09. The van der Waals surface area contributed by atoms with Crippen molar-refractivity contribution < 1.29 is 14.3 Å². The van der Waals surface area contributed by atoms with Gasteiger partial charge in [-0.2, -0.15) is 10.1 Å². The second-order valence-corrected chi connectivity index (χ2v) is 8.26. The largest absolute Gasteiger partial charge is 0.497 e. The molecule has 1 saturated heterocycles. The van der Waals surface area contributed by atoms with E-state index in [2.05, 4.69) is 37.7 Å². The zero-order chi connectivity index (χ0) is 22.6. The third-order valence-electron chi connectivity index (χ3n) is 6.24. The lowest BCUT2D eigenvalue weighted by Crippen LogP contribution is -2.53. The number of rotatable bonds is 6. The summed E-state index contributed by atoms with van der Waals surface area (Å²) in [5.74, 6) is 1.43. The Morgan fingerprint density at radius 1 is 1.12 bits per heavy atom. The third-order valence-corrected chi connectivity index (χ3v) is 6.24. The van der Waals surface area contributed by atoms with Crippen LogP contribution in [0.1, 0.15) is 23.2 Å². The molecule has 2 N–H and O–H groups in total. The van der Waals surface area contributed by atoms with Crippen LogP contribution in [0.3, 0.4) is 0 Å². The van der Waals surface area contributed by atoms with Crippen LogP contribution < -0.4 is 15.4 Å². The van der Waals surface area contributed by atoms with Crippen molar-refractivity contribution >= 4 is 11.9 Å². The molecule has 33 heavy (non-hydrogen) atoms. The van der Waals surface area contributed by atoms with Crippen LogP contribution in [0.2, 0.25) is 0 Å². The molecule has 9 heteroatoms. The van der Waals surface area contributed by atoms with E-state index >= 15 is 0 Å². The topological polar surface area (TPSA) is 93.5 Å². The first-order valence-corrected chi connectivity index (χ1v) is 11.2. The van der Waals surface area contributed by atoms with Gasteiger partial charge in [-0.1, -0.05) is 42.5 Å². The fourth-order valence-corrected chi connectivity index (χ4v) is 4.58. The monoisotopic (exact) mass is 448 g/mol. The number of ether oxygens (including phenoxy) is 2. The first-order valence-electron chi connectivity index (χ1n) is 11.2. The number of morpholine rings is 1. The Morgan fingerprint density at radius 2 is 1.88 bits per heavy atom. The van der Waals surface area contributed by atoms with E-state index in [0.29, 0.717) is 25.7 Å². The van der Waals surface area contributed by atoms with Gasteiger partial charge in [-0.3, -0.25) is 9.69 Å². The molecule has 0 spiro atoms. The van der Waals surface area contributed by atoms with Gasteiger partial charge >= 0.3 is 0 Å². The highest BCUT2D eigenvalue weighted by Gasteiger charge is 2.40. The van der Waals surface area contributed by atoms with E-state index in [1.807, 2.05) is 47.1 Å². The van der Waals surface area contributed by atoms with Gasteiger partial charge in [0.25, 0.3) is 0 Å². The molecule has 5 rings (SSSR count). The highest BCUT2D eigenvalue weighted by atomic mass is 16.5. The van der Waals surface area contributed by atoms with Crippen molar-refractivity contribution in [2.24, 2.45) is 0 Å². The summed E-state index contributed by atoms with van der Waals surface area (Å²) in [5, 5.41) is 11.3. The molecule has 1 fully saturated rings. The Labute approximate surface area is 192 Å². The number of hydrogen-bond acceptors (Lipinski definition) is 7. The van der Waals surface area contributed by atoms with E-state index in [1.54, 1.807) is 13.4 Å². The highest BCUT2D eigenvalue weighted by molar-refractivity contribution is 5.79. The van der Waals surface area contributed by atoms with E-state index in [4.69, 9.17) is 9.47 Å². The first-order chi connectivity index (χ1) is 16.2. The molecule has 3 aromatic rings. The number of nitrogens with one attached hydrogen (secondary N) is 2. The molecule has 9 nitrogen and oxygen atoms in total. The number of amides is 1. The molecule has 2 aliphatic heterocycles. The summed E-state index contributed by atoms with van der Waals surface area (Å²) in [4.78, 5) is 19.7. The van der Waals surface area contributed by atoms with Crippen molar-refractivity contribution in [3.63, 3.8) is 0 Å². The zero-order valence-corrected chi connectivity index (χ0v) is 18.6. The molecule has 0 bridgehead atoms. The molecule has 1 amide bonds. The minimum absolute atomic E-state index is 0.0216. The lowest BCUT2D eigenvalue weighted by molar-refractivity contribution is -0.124. The average Bonchev–Trinajstić information content (AvgIpc) is 3.33. The smallest absolute Gasteiger partial charge is 0.234 e. The summed E-state index contributed by atoms with van der Waals surface area (Å²) in [6.07, 6.45) is 1.54. The number of methoxy groups -OCH3 is 1. The Kier molecular flexibility index (Phi) is 6.23. The van der Waals surface area contributed by atoms with Crippen LogP contribution in [0.25, 0.3) is 0 Å². The van der Waals surface area contributed by atoms with E-state index in [0.717, 1.165) is 30.0 Å². The van der Waals surface area contributed by atoms with Crippen LogP contribution in [-0.4, -0.2) is 71.6 Å². The molecule has 0 aliphatic carbocycles. The van der Waals surface area contributed by atoms with Crippen LogP contribution in [-0.2, 0) is 9.53 Å². The van der Waals surface area contributed by atoms with E-state index < -0.39 is 0 Å². The third kappa shape index (κ3) is 4.55. The first kappa shape index (κ1) is 21.4. The van der Waals surface area contributed by atoms with Gasteiger partial charge in [-0.05, 0) is 23.3 Å². The van der Waals surface area contributed by atoms with Gasteiger partial charge in [0.15, 0.2) is 0 Å². The number of carbonyl (C=O) groups is 1. The van der Waals surface area contributed by atoms with E-state index in [-0.39, 0.29) is 24.0 Å². The van der Waals surface area contributed by atoms with Crippen LogP contribution in [0.5, 0.6) is 5.75 Å². The lowest BCUT2D eigenvalue weighted by Gasteiger charge is -2.40. The van der Waals surface area contributed by atoms with E-state index in [1.165, 1.54) is 0 Å². The maximum absolute atomic E-state index is 13.2. The molecule has 0 saturated carbocycles. The molecule has 0 unspecified atom stereocenters. The van der Waals surface area contributed by atoms with Gasteiger partial charge in [0.1, 0.15) is 18.1 Å². The van der Waals surface area contributed by atoms with Crippen molar-refractivity contribution in [3.05, 3.63) is 72.1 Å². The quantitative estimate of drug-likeness (QED) is 0.595. The van der Waals surface area contributed by atoms with Crippen molar-refractivity contribution in [2.45, 2.75) is 18.1 Å². The van der Waals surface area contributed by atoms with Gasteiger partial charge in [0.2, 0.25) is 11.9 Å². The minimum Gasteiger partial charge on any atom is -0.497 e. The van der Waals surface area contributed by atoms with Crippen LogP contribution in [0.15, 0.2) is 60.9 Å². The number of nitrogens with zero attached hydrogens (tertiary/aromatic N) is 4. The number of fused-ring (bicyclic) bond motifs is 1. The van der Waals surface area contributed by atoms with Gasteiger partial charge in [-0.15, -0.1) is 0 Å². The average molecular weight is 449 g/mol. The molecule has 172 valence electrons. The van der Waals surface area contributed by atoms with Gasteiger partial charge < -0.3 is 20.1 Å². The summed E-state index contributed by atoms with van der Waals surface area (Å²) in [6.45, 7) is 3.16. The van der Waals surface area contributed by atoms with Gasteiger partial charge in [0.05, 0.1) is 39.0 Å². The maximum atomic E-state index is 13.2. The molecule has 2 aromatic carbocycles. The fraction of sp³-hybridized carbons (Fsp3) is 0.375. The Bertz CT molecular complexity index is 1070. The standard InChI is InChI=1S/C24H28N6O3/c1-32-19-9-7-17(8-10-19)21-22(27-20(31)15-29-11-13-33-14-12-29)23(18-5-3-2-4-6-18)30-24(28-21)25-16-26-30/h2-10,16,21-23H,11-15H2,1H3,(H,27,31)(H,25,26,28)/t21-,22-,23+/m0/s1. The normalized spacial score (nSPS) is 22.8. The molecule has 0 radical (unpaired) electrons. The Morgan fingerprint density at radius 3 is 2.61 bits per heavy atom. The molecule has 1 aromatic heterocycles. The summed E-state index contributed by atoms with van der Waals surface area (Å²) < 4.78 is 12.6. The summed E-state index contributed by atoms with van der Waals surface area (Å²) >= 11 is 0. The summed E-state index contributed by atoms with van der Waals surface area (Å²) in [6, 6.07) is 17.3. The van der Waals surface area contributed by atoms with Crippen LogP contribution in [0, 0.1) is 0 Å². The summed E-state index contributed by atoms with van der Waals surface area (Å²) in [7, 11) is 1.65. The number of aromatic nitrogens is 3. The predicted octanol–water partition coefficient (Wildman–Crippen LogP) is 1.86. The number of hydrogen-bond donors (Lipinski definition) is 2. The fourth-order valence-electron chi connectivity index (χ4n) is 4.58. The Hall–Kier alpha value is -3.43. The second-order valence-electron chi connectivity index (χ2n) is 8.26. The molecule has 2 aliphatic rings. The minimum atomic E-state index is -0.288.